The zero-order valence-corrected chi connectivity index (χ0v) is 13.9. The first-order valence-electron chi connectivity index (χ1n) is 7.17. The lowest BCUT2D eigenvalue weighted by Gasteiger charge is -2.20. The van der Waals surface area contributed by atoms with E-state index in [-0.39, 0.29) is 6.04 Å². The van der Waals surface area contributed by atoms with Gasteiger partial charge in [0.1, 0.15) is 5.82 Å². The van der Waals surface area contributed by atoms with E-state index in [1.54, 1.807) is 0 Å². The maximum atomic E-state index is 4.57. The van der Waals surface area contributed by atoms with E-state index in [0.29, 0.717) is 0 Å². The third-order valence-electron chi connectivity index (χ3n) is 3.28. The van der Waals surface area contributed by atoms with E-state index in [1.807, 2.05) is 6.20 Å². The molecule has 0 amide bonds. The fourth-order valence-corrected chi connectivity index (χ4v) is 3.13. The second-order valence-electron chi connectivity index (χ2n) is 5.03. The van der Waals surface area contributed by atoms with E-state index >= 15 is 0 Å². The summed E-state index contributed by atoms with van der Waals surface area (Å²) >= 11 is 3.59. The summed E-state index contributed by atoms with van der Waals surface area (Å²) in [5.41, 5.74) is 2.51. The molecular weight excluding hydrogens is 314 g/mol. The molecule has 0 spiro atoms. The summed E-state index contributed by atoms with van der Waals surface area (Å²) in [5, 5.41) is 3.55. The molecule has 1 N–H and O–H groups in total. The quantitative estimate of drug-likeness (QED) is 0.862. The molecule has 0 aliphatic rings. The van der Waals surface area contributed by atoms with Crippen molar-refractivity contribution in [3.63, 3.8) is 0 Å². The summed E-state index contributed by atoms with van der Waals surface area (Å²) < 4.78 is 3.35. The monoisotopic (exact) mass is 335 g/mol. The number of aromatic nitrogens is 2. The summed E-state index contributed by atoms with van der Waals surface area (Å²) in [6, 6.07) is 6.66. The molecule has 0 aliphatic carbocycles. The van der Waals surface area contributed by atoms with Gasteiger partial charge < -0.3 is 9.88 Å². The highest BCUT2D eigenvalue weighted by Gasteiger charge is 2.18. The SMILES string of the molecule is CCCn1ccnc1C(NCC)c1cc(C)cc(Br)c1. The van der Waals surface area contributed by atoms with Gasteiger partial charge in [-0.05, 0) is 43.1 Å². The molecule has 1 unspecified atom stereocenters. The summed E-state index contributed by atoms with van der Waals surface area (Å²) in [5.74, 6) is 1.09. The number of rotatable bonds is 6. The number of nitrogens with one attached hydrogen (secondary N) is 1. The molecule has 108 valence electrons. The highest BCUT2D eigenvalue weighted by Crippen LogP contribution is 2.25. The van der Waals surface area contributed by atoms with Crippen LogP contribution in [0.4, 0.5) is 0 Å². The van der Waals surface area contributed by atoms with Crippen molar-refractivity contribution in [1.29, 1.82) is 0 Å². The molecule has 4 heteroatoms. The van der Waals surface area contributed by atoms with Crippen LogP contribution in [-0.2, 0) is 6.54 Å². The Morgan fingerprint density at radius 3 is 2.75 bits per heavy atom. The average Bonchev–Trinajstić information content (AvgIpc) is 2.83. The highest BCUT2D eigenvalue weighted by atomic mass is 79.9. The van der Waals surface area contributed by atoms with Gasteiger partial charge in [0.25, 0.3) is 0 Å². The maximum absolute atomic E-state index is 4.57. The molecule has 1 aromatic heterocycles. The predicted octanol–water partition coefficient (Wildman–Crippen LogP) is 4.06. The van der Waals surface area contributed by atoms with Crippen LogP contribution in [0.1, 0.15) is 43.3 Å². The Bertz CT molecular complexity index is 542. The molecule has 2 aromatic rings. The molecule has 0 saturated carbocycles. The average molecular weight is 336 g/mol. The van der Waals surface area contributed by atoms with Gasteiger partial charge in [-0.25, -0.2) is 4.98 Å². The molecule has 1 atom stereocenters. The van der Waals surface area contributed by atoms with E-state index in [0.717, 1.165) is 29.8 Å². The molecule has 1 aromatic carbocycles. The number of hydrogen-bond donors (Lipinski definition) is 1. The van der Waals surface area contributed by atoms with Crippen molar-refractivity contribution in [2.24, 2.45) is 0 Å². The van der Waals surface area contributed by atoms with Crippen molar-refractivity contribution in [3.05, 3.63) is 52.0 Å². The Morgan fingerprint density at radius 1 is 1.30 bits per heavy atom. The largest absolute Gasteiger partial charge is 0.333 e. The van der Waals surface area contributed by atoms with Gasteiger partial charge in [0.15, 0.2) is 0 Å². The Kier molecular flexibility index (Phi) is 5.38. The van der Waals surface area contributed by atoms with Crippen molar-refractivity contribution >= 4 is 15.9 Å². The Labute approximate surface area is 129 Å². The zero-order chi connectivity index (χ0) is 14.5. The topological polar surface area (TPSA) is 29.9 Å². The van der Waals surface area contributed by atoms with E-state index in [1.165, 1.54) is 11.1 Å². The number of imidazole rings is 1. The zero-order valence-electron chi connectivity index (χ0n) is 12.4. The Balaban J connectivity index is 2.41. The van der Waals surface area contributed by atoms with E-state index in [9.17, 15) is 0 Å². The van der Waals surface area contributed by atoms with Crippen LogP contribution < -0.4 is 5.32 Å². The van der Waals surface area contributed by atoms with Gasteiger partial charge in [0.05, 0.1) is 6.04 Å². The fourth-order valence-electron chi connectivity index (χ4n) is 2.50. The predicted molar refractivity (Wildman–Crippen MR) is 86.9 cm³/mol. The standard InChI is InChI=1S/C16H22BrN3/c1-4-7-20-8-6-19-16(20)15(18-5-2)13-9-12(3)10-14(17)11-13/h6,8-11,15,18H,4-5,7H2,1-3H3. The van der Waals surface area contributed by atoms with E-state index in [4.69, 9.17) is 0 Å². The lowest BCUT2D eigenvalue weighted by Crippen LogP contribution is -2.25. The second kappa shape index (κ2) is 7.04. The fraction of sp³-hybridized carbons (Fsp3) is 0.438. The second-order valence-corrected chi connectivity index (χ2v) is 5.95. The molecule has 20 heavy (non-hydrogen) atoms. The molecule has 3 nitrogen and oxygen atoms in total. The molecule has 0 saturated heterocycles. The van der Waals surface area contributed by atoms with Crippen molar-refractivity contribution in [1.82, 2.24) is 14.9 Å². The summed E-state index contributed by atoms with van der Waals surface area (Å²) in [6.07, 6.45) is 5.06. The van der Waals surface area contributed by atoms with Gasteiger partial charge in [-0.1, -0.05) is 35.8 Å². The molecule has 1 heterocycles. The summed E-state index contributed by atoms with van der Waals surface area (Å²) in [4.78, 5) is 4.57. The third kappa shape index (κ3) is 3.49. The Hall–Kier alpha value is -1.13. The van der Waals surface area contributed by atoms with Gasteiger partial charge in [-0.3, -0.25) is 0 Å². The van der Waals surface area contributed by atoms with Crippen LogP contribution in [0.2, 0.25) is 0 Å². The van der Waals surface area contributed by atoms with Crippen molar-refractivity contribution in [2.45, 2.75) is 39.8 Å². The molecule has 0 radical (unpaired) electrons. The van der Waals surface area contributed by atoms with Crippen LogP contribution in [0.5, 0.6) is 0 Å². The van der Waals surface area contributed by atoms with Crippen LogP contribution in [-0.4, -0.2) is 16.1 Å². The van der Waals surface area contributed by atoms with Crippen LogP contribution >= 0.6 is 15.9 Å². The number of nitrogens with zero attached hydrogens (tertiary/aromatic N) is 2. The number of hydrogen-bond acceptors (Lipinski definition) is 2. The van der Waals surface area contributed by atoms with Gasteiger partial charge in [-0.2, -0.15) is 0 Å². The number of aryl methyl sites for hydroxylation is 2. The first-order valence-corrected chi connectivity index (χ1v) is 7.96. The van der Waals surface area contributed by atoms with Gasteiger partial charge in [0.2, 0.25) is 0 Å². The van der Waals surface area contributed by atoms with Gasteiger partial charge >= 0.3 is 0 Å². The lowest BCUT2D eigenvalue weighted by molar-refractivity contribution is 0.544. The normalized spacial score (nSPS) is 12.6. The smallest absolute Gasteiger partial charge is 0.130 e. The minimum absolute atomic E-state index is 0.137. The number of benzene rings is 1. The molecule has 2 rings (SSSR count). The third-order valence-corrected chi connectivity index (χ3v) is 3.73. The minimum Gasteiger partial charge on any atom is -0.333 e. The summed E-state index contributed by atoms with van der Waals surface area (Å²) in [7, 11) is 0. The van der Waals surface area contributed by atoms with Crippen LogP contribution in [0.25, 0.3) is 0 Å². The van der Waals surface area contributed by atoms with E-state index < -0.39 is 0 Å². The van der Waals surface area contributed by atoms with Crippen molar-refractivity contribution in [3.8, 4) is 0 Å². The van der Waals surface area contributed by atoms with Gasteiger partial charge in [-0.15, -0.1) is 0 Å². The highest BCUT2D eigenvalue weighted by molar-refractivity contribution is 9.10. The van der Waals surface area contributed by atoms with Crippen molar-refractivity contribution < 1.29 is 0 Å². The molecule has 0 bridgehead atoms. The first kappa shape index (κ1) is 15.3. The van der Waals surface area contributed by atoms with Crippen LogP contribution in [0.15, 0.2) is 35.1 Å². The number of halogens is 1. The minimum atomic E-state index is 0.137. The van der Waals surface area contributed by atoms with Gasteiger partial charge in [0, 0.05) is 23.4 Å². The van der Waals surface area contributed by atoms with Crippen molar-refractivity contribution in [2.75, 3.05) is 6.54 Å². The maximum Gasteiger partial charge on any atom is 0.130 e. The lowest BCUT2D eigenvalue weighted by atomic mass is 10.0. The Morgan fingerprint density at radius 2 is 2.10 bits per heavy atom. The molecule has 0 fully saturated rings. The van der Waals surface area contributed by atoms with Crippen LogP contribution in [0.3, 0.4) is 0 Å². The van der Waals surface area contributed by atoms with E-state index in [2.05, 4.69) is 76.0 Å². The first-order chi connectivity index (χ1) is 9.65. The summed E-state index contributed by atoms with van der Waals surface area (Å²) in [6.45, 7) is 8.36. The molecular formula is C16H22BrN3. The molecule has 0 aliphatic heterocycles. The van der Waals surface area contributed by atoms with Crippen LogP contribution in [0, 0.1) is 6.92 Å².